The molecular formula is C11H22N2O2. The van der Waals surface area contributed by atoms with E-state index in [9.17, 15) is 4.79 Å². The van der Waals surface area contributed by atoms with Gasteiger partial charge in [0.25, 0.3) is 0 Å². The molecule has 0 aromatic carbocycles. The lowest BCUT2D eigenvalue weighted by Crippen LogP contribution is -2.45. The molecule has 0 aliphatic carbocycles. The molecule has 15 heavy (non-hydrogen) atoms. The third kappa shape index (κ3) is 3.80. The van der Waals surface area contributed by atoms with Gasteiger partial charge in [0, 0.05) is 13.1 Å². The van der Waals surface area contributed by atoms with E-state index in [4.69, 9.17) is 4.74 Å². The van der Waals surface area contributed by atoms with Gasteiger partial charge in [0.15, 0.2) is 0 Å². The second-order valence-corrected chi connectivity index (χ2v) is 4.18. The topological polar surface area (TPSA) is 50.4 Å². The highest BCUT2D eigenvalue weighted by Gasteiger charge is 2.25. The Morgan fingerprint density at radius 3 is 3.00 bits per heavy atom. The Bertz CT molecular complexity index is 209. The summed E-state index contributed by atoms with van der Waals surface area (Å²) in [5.41, 5.74) is 0. The van der Waals surface area contributed by atoms with Gasteiger partial charge in [-0.15, -0.1) is 0 Å². The van der Waals surface area contributed by atoms with Crippen LogP contribution in [0.25, 0.3) is 0 Å². The number of hydrogen-bond donors (Lipinski definition) is 2. The second kappa shape index (κ2) is 6.08. The molecule has 0 radical (unpaired) electrons. The van der Waals surface area contributed by atoms with Crippen LogP contribution in [0.2, 0.25) is 0 Å². The van der Waals surface area contributed by atoms with Gasteiger partial charge in [0.05, 0.1) is 6.10 Å². The Balaban J connectivity index is 2.35. The minimum Gasteiger partial charge on any atom is -0.364 e. The second-order valence-electron chi connectivity index (χ2n) is 4.18. The average molecular weight is 214 g/mol. The van der Waals surface area contributed by atoms with Crippen molar-refractivity contribution in [2.24, 2.45) is 5.92 Å². The van der Waals surface area contributed by atoms with Crippen molar-refractivity contribution in [2.75, 3.05) is 19.6 Å². The molecule has 0 aromatic rings. The minimum atomic E-state index is -0.350. The first-order chi connectivity index (χ1) is 7.15. The predicted molar refractivity (Wildman–Crippen MR) is 59.7 cm³/mol. The third-order valence-electron chi connectivity index (χ3n) is 2.86. The first-order valence-electron chi connectivity index (χ1n) is 5.79. The molecule has 88 valence electrons. The average Bonchev–Trinajstić information content (AvgIpc) is 2.21. The van der Waals surface area contributed by atoms with Gasteiger partial charge in [-0.1, -0.05) is 6.92 Å². The number of hydrogen-bond acceptors (Lipinski definition) is 3. The molecule has 3 unspecified atom stereocenters. The number of carbonyl (C=O) groups is 1. The van der Waals surface area contributed by atoms with Crippen LogP contribution < -0.4 is 10.6 Å². The Hall–Kier alpha value is -0.610. The molecular weight excluding hydrogens is 192 g/mol. The van der Waals surface area contributed by atoms with Crippen molar-refractivity contribution in [1.29, 1.82) is 0 Å². The van der Waals surface area contributed by atoms with Gasteiger partial charge in [-0.3, -0.25) is 4.79 Å². The fourth-order valence-electron chi connectivity index (χ4n) is 1.79. The van der Waals surface area contributed by atoms with E-state index in [2.05, 4.69) is 17.6 Å². The summed E-state index contributed by atoms with van der Waals surface area (Å²) in [4.78, 5) is 11.5. The lowest BCUT2D eigenvalue weighted by Gasteiger charge is -2.31. The first-order valence-corrected chi connectivity index (χ1v) is 5.79. The molecule has 2 N–H and O–H groups in total. The van der Waals surface area contributed by atoms with Crippen LogP contribution in [-0.4, -0.2) is 37.7 Å². The summed E-state index contributed by atoms with van der Waals surface area (Å²) in [5.74, 6) is 0.512. The maximum Gasteiger partial charge on any atom is 0.248 e. The van der Waals surface area contributed by atoms with Crippen LogP contribution in [0.15, 0.2) is 0 Å². The monoisotopic (exact) mass is 214 g/mol. The predicted octanol–water partition coefficient (Wildman–Crippen LogP) is 0.526. The highest BCUT2D eigenvalue weighted by Crippen LogP contribution is 2.16. The Kier molecular flexibility index (Phi) is 5.05. The standard InChI is InChI=1S/C11H22N2O2/c1-4-13-11(14)9(3)15-10-7-12-6-5-8(10)2/h8-10,12H,4-7H2,1-3H3,(H,13,14). The Morgan fingerprint density at radius 2 is 2.40 bits per heavy atom. The molecule has 1 aliphatic rings. The molecule has 4 nitrogen and oxygen atoms in total. The van der Waals surface area contributed by atoms with Crippen LogP contribution in [0.3, 0.4) is 0 Å². The molecule has 1 rings (SSSR count). The van der Waals surface area contributed by atoms with Crippen molar-refractivity contribution >= 4 is 5.91 Å². The fraction of sp³-hybridized carbons (Fsp3) is 0.909. The number of carbonyl (C=O) groups excluding carboxylic acids is 1. The number of nitrogens with one attached hydrogen (secondary N) is 2. The molecule has 1 aliphatic heterocycles. The van der Waals surface area contributed by atoms with Crippen molar-refractivity contribution in [3.8, 4) is 0 Å². The van der Waals surface area contributed by atoms with Gasteiger partial charge in [0.1, 0.15) is 6.10 Å². The summed E-state index contributed by atoms with van der Waals surface area (Å²) < 4.78 is 5.74. The van der Waals surface area contributed by atoms with Crippen molar-refractivity contribution in [3.63, 3.8) is 0 Å². The van der Waals surface area contributed by atoms with E-state index in [0.717, 1.165) is 19.5 Å². The fourth-order valence-corrected chi connectivity index (χ4v) is 1.79. The summed E-state index contributed by atoms with van der Waals surface area (Å²) in [5, 5.41) is 6.05. The maximum absolute atomic E-state index is 11.5. The zero-order chi connectivity index (χ0) is 11.3. The smallest absolute Gasteiger partial charge is 0.248 e. The molecule has 3 atom stereocenters. The number of amides is 1. The van der Waals surface area contributed by atoms with Gasteiger partial charge in [-0.2, -0.15) is 0 Å². The van der Waals surface area contributed by atoms with E-state index < -0.39 is 0 Å². The highest BCUT2D eigenvalue weighted by molar-refractivity contribution is 5.80. The molecule has 0 bridgehead atoms. The Morgan fingerprint density at radius 1 is 1.67 bits per heavy atom. The molecule has 4 heteroatoms. The lowest BCUT2D eigenvalue weighted by molar-refractivity contribution is -0.137. The highest BCUT2D eigenvalue weighted by atomic mass is 16.5. The molecule has 0 aromatic heterocycles. The number of piperidine rings is 1. The quantitative estimate of drug-likeness (QED) is 0.717. The Labute approximate surface area is 91.8 Å². The zero-order valence-electron chi connectivity index (χ0n) is 9.88. The number of rotatable bonds is 4. The van der Waals surface area contributed by atoms with Crippen LogP contribution in [0.4, 0.5) is 0 Å². The lowest BCUT2D eigenvalue weighted by atomic mass is 9.97. The summed E-state index contributed by atoms with van der Waals surface area (Å²) in [6.45, 7) is 8.46. The molecule has 0 spiro atoms. The molecule has 1 amide bonds. The van der Waals surface area contributed by atoms with Crippen molar-refractivity contribution < 1.29 is 9.53 Å². The summed E-state index contributed by atoms with van der Waals surface area (Å²) in [7, 11) is 0. The SMILES string of the molecule is CCNC(=O)C(C)OC1CNCCC1C. The molecule has 1 fully saturated rings. The van der Waals surface area contributed by atoms with Crippen molar-refractivity contribution in [1.82, 2.24) is 10.6 Å². The van der Waals surface area contributed by atoms with Gasteiger partial charge < -0.3 is 15.4 Å². The molecule has 1 heterocycles. The van der Waals surface area contributed by atoms with E-state index in [-0.39, 0.29) is 18.1 Å². The summed E-state index contributed by atoms with van der Waals surface area (Å²) >= 11 is 0. The minimum absolute atomic E-state index is 0.0183. The van der Waals surface area contributed by atoms with Crippen LogP contribution in [0.1, 0.15) is 27.2 Å². The number of likely N-dealkylation sites (N-methyl/N-ethyl adjacent to an activating group) is 1. The van der Waals surface area contributed by atoms with E-state index in [1.54, 1.807) is 0 Å². The van der Waals surface area contributed by atoms with E-state index in [0.29, 0.717) is 12.5 Å². The van der Waals surface area contributed by atoms with Crippen LogP contribution >= 0.6 is 0 Å². The van der Waals surface area contributed by atoms with Crippen LogP contribution in [0, 0.1) is 5.92 Å². The van der Waals surface area contributed by atoms with E-state index in [1.807, 2.05) is 13.8 Å². The normalized spacial score (nSPS) is 28.5. The van der Waals surface area contributed by atoms with Crippen LogP contribution in [-0.2, 0) is 9.53 Å². The maximum atomic E-state index is 11.5. The third-order valence-corrected chi connectivity index (χ3v) is 2.86. The summed E-state index contributed by atoms with van der Waals surface area (Å²) in [6, 6.07) is 0. The van der Waals surface area contributed by atoms with Crippen molar-refractivity contribution in [3.05, 3.63) is 0 Å². The van der Waals surface area contributed by atoms with Gasteiger partial charge in [-0.05, 0) is 32.7 Å². The van der Waals surface area contributed by atoms with E-state index >= 15 is 0 Å². The zero-order valence-corrected chi connectivity index (χ0v) is 9.88. The molecule has 0 saturated carbocycles. The first kappa shape index (κ1) is 12.5. The number of ether oxygens (including phenoxy) is 1. The van der Waals surface area contributed by atoms with Gasteiger partial charge in [0.2, 0.25) is 5.91 Å². The largest absolute Gasteiger partial charge is 0.364 e. The summed E-state index contributed by atoms with van der Waals surface area (Å²) in [6.07, 6.45) is 0.931. The molecule has 1 saturated heterocycles. The van der Waals surface area contributed by atoms with Crippen LogP contribution in [0.5, 0.6) is 0 Å². The van der Waals surface area contributed by atoms with Gasteiger partial charge >= 0.3 is 0 Å². The van der Waals surface area contributed by atoms with Crippen molar-refractivity contribution in [2.45, 2.75) is 39.4 Å². The van der Waals surface area contributed by atoms with Gasteiger partial charge in [-0.25, -0.2) is 0 Å². The van der Waals surface area contributed by atoms with E-state index in [1.165, 1.54) is 0 Å².